The molecular weight excluding hydrogens is 364 g/mol. The first kappa shape index (κ1) is 18.7. The number of benzene rings is 2. The molecule has 6 nitrogen and oxygen atoms in total. The SMILES string of the molecule is CCOC(=O)/C=C/c1ccc(NC(=O)CSc2nc3ccccc3o2)cc1. The van der Waals surface area contributed by atoms with E-state index in [4.69, 9.17) is 9.15 Å². The van der Waals surface area contributed by atoms with Crippen LogP contribution in [0.1, 0.15) is 12.5 Å². The van der Waals surface area contributed by atoms with Gasteiger partial charge in [-0.3, -0.25) is 4.79 Å². The number of fused-ring (bicyclic) bond motifs is 1. The average Bonchev–Trinajstić information content (AvgIpc) is 3.09. The Morgan fingerprint density at radius 3 is 2.70 bits per heavy atom. The number of carbonyl (C=O) groups is 2. The molecule has 0 aliphatic heterocycles. The van der Waals surface area contributed by atoms with Crippen molar-refractivity contribution >= 4 is 46.5 Å². The second kappa shape index (κ2) is 9.05. The van der Waals surface area contributed by atoms with Crippen LogP contribution in [-0.2, 0) is 14.3 Å². The Morgan fingerprint density at radius 2 is 1.96 bits per heavy atom. The van der Waals surface area contributed by atoms with Crippen molar-refractivity contribution < 1.29 is 18.7 Å². The summed E-state index contributed by atoms with van der Waals surface area (Å²) in [4.78, 5) is 27.7. The summed E-state index contributed by atoms with van der Waals surface area (Å²) in [6.07, 6.45) is 3.03. The lowest BCUT2D eigenvalue weighted by atomic mass is 10.2. The number of nitrogens with zero attached hydrogens (tertiary/aromatic N) is 1. The normalized spacial score (nSPS) is 11.0. The van der Waals surface area contributed by atoms with Crippen LogP contribution in [-0.4, -0.2) is 29.2 Å². The highest BCUT2D eigenvalue weighted by molar-refractivity contribution is 7.99. The van der Waals surface area contributed by atoms with Gasteiger partial charge in [0.2, 0.25) is 5.91 Å². The summed E-state index contributed by atoms with van der Waals surface area (Å²) < 4.78 is 10.4. The van der Waals surface area contributed by atoms with Crippen LogP contribution in [0.2, 0.25) is 0 Å². The van der Waals surface area contributed by atoms with Gasteiger partial charge in [-0.05, 0) is 42.8 Å². The number of esters is 1. The fourth-order valence-corrected chi connectivity index (χ4v) is 2.91. The topological polar surface area (TPSA) is 81.4 Å². The van der Waals surface area contributed by atoms with E-state index in [2.05, 4.69) is 10.3 Å². The Kier molecular flexibility index (Phi) is 6.27. The molecule has 1 N–H and O–H groups in total. The minimum atomic E-state index is -0.383. The Labute approximate surface area is 160 Å². The molecule has 0 spiro atoms. The first-order chi connectivity index (χ1) is 13.1. The molecule has 0 aliphatic carbocycles. The molecule has 0 aliphatic rings. The second-order valence-corrected chi connectivity index (χ2v) is 6.42. The molecule has 0 bridgehead atoms. The van der Waals surface area contributed by atoms with Crippen molar-refractivity contribution in [2.24, 2.45) is 0 Å². The number of carbonyl (C=O) groups excluding carboxylic acids is 2. The molecule has 2 aromatic carbocycles. The first-order valence-electron chi connectivity index (χ1n) is 8.37. The minimum Gasteiger partial charge on any atom is -0.463 e. The molecular formula is C20H18N2O4S. The fourth-order valence-electron chi connectivity index (χ4n) is 2.27. The van der Waals surface area contributed by atoms with E-state index in [0.717, 1.165) is 11.1 Å². The molecule has 0 radical (unpaired) electrons. The number of amides is 1. The lowest BCUT2D eigenvalue weighted by molar-refractivity contribution is -0.137. The average molecular weight is 382 g/mol. The number of nitrogens with one attached hydrogen (secondary N) is 1. The fraction of sp³-hybridized carbons (Fsp3) is 0.150. The summed E-state index contributed by atoms with van der Waals surface area (Å²) in [5.41, 5.74) is 2.98. The number of aromatic nitrogens is 1. The number of ether oxygens (including phenoxy) is 1. The van der Waals surface area contributed by atoms with E-state index in [9.17, 15) is 9.59 Å². The van der Waals surface area contributed by atoms with Crippen LogP contribution in [0.15, 0.2) is 64.2 Å². The Morgan fingerprint density at radius 1 is 1.19 bits per heavy atom. The van der Waals surface area contributed by atoms with Crippen molar-refractivity contribution in [2.75, 3.05) is 17.7 Å². The Hall–Kier alpha value is -3.06. The van der Waals surface area contributed by atoms with Gasteiger partial charge in [0.05, 0.1) is 12.4 Å². The number of para-hydroxylation sites is 2. The lowest BCUT2D eigenvalue weighted by Gasteiger charge is -2.04. The van der Waals surface area contributed by atoms with Gasteiger partial charge < -0.3 is 14.5 Å². The molecule has 3 rings (SSSR count). The molecule has 0 saturated carbocycles. The summed E-state index contributed by atoms with van der Waals surface area (Å²) >= 11 is 1.24. The highest BCUT2D eigenvalue weighted by atomic mass is 32.2. The number of oxazole rings is 1. The summed E-state index contributed by atoms with van der Waals surface area (Å²) in [6, 6.07) is 14.6. The van der Waals surface area contributed by atoms with Crippen LogP contribution < -0.4 is 5.32 Å². The third-order valence-electron chi connectivity index (χ3n) is 3.49. The van der Waals surface area contributed by atoms with Crippen LogP contribution >= 0.6 is 11.8 Å². The second-order valence-electron chi connectivity index (χ2n) is 5.49. The van der Waals surface area contributed by atoms with E-state index >= 15 is 0 Å². The zero-order valence-electron chi connectivity index (χ0n) is 14.7. The van der Waals surface area contributed by atoms with Gasteiger partial charge in [0.1, 0.15) is 5.52 Å². The molecule has 27 heavy (non-hydrogen) atoms. The lowest BCUT2D eigenvalue weighted by Crippen LogP contribution is -2.13. The van der Waals surface area contributed by atoms with Gasteiger partial charge in [-0.1, -0.05) is 36.0 Å². The molecule has 7 heteroatoms. The van der Waals surface area contributed by atoms with Gasteiger partial charge in [-0.15, -0.1) is 0 Å². The summed E-state index contributed by atoms with van der Waals surface area (Å²) in [7, 11) is 0. The number of thioether (sulfide) groups is 1. The van der Waals surface area contributed by atoms with E-state index in [1.165, 1.54) is 17.8 Å². The third-order valence-corrected chi connectivity index (χ3v) is 4.32. The smallest absolute Gasteiger partial charge is 0.330 e. The molecule has 0 fully saturated rings. The van der Waals surface area contributed by atoms with Crippen molar-refractivity contribution in [1.29, 1.82) is 0 Å². The van der Waals surface area contributed by atoms with Gasteiger partial charge >= 0.3 is 5.97 Å². The van der Waals surface area contributed by atoms with E-state index in [1.54, 1.807) is 37.3 Å². The quantitative estimate of drug-likeness (QED) is 0.376. The molecule has 1 aromatic heterocycles. The van der Waals surface area contributed by atoms with Gasteiger partial charge in [0, 0.05) is 11.8 Å². The summed E-state index contributed by atoms with van der Waals surface area (Å²) in [5, 5.41) is 3.28. The summed E-state index contributed by atoms with van der Waals surface area (Å²) in [6.45, 7) is 2.10. The number of rotatable bonds is 7. The van der Waals surface area contributed by atoms with Crippen LogP contribution in [0.3, 0.4) is 0 Å². The maximum Gasteiger partial charge on any atom is 0.330 e. The zero-order valence-corrected chi connectivity index (χ0v) is 15.5. The summed E-state index contributed by atoms with van der Waals surface area (Å²) in [5.74, 6) is -0.347. The van der Waals surface area contributed by atoms with Crippen molar-refractivity contribution in [2.45, 2.75) is 12.1 Å². The molecule has 3 aromatic rings. The van der Waals surface area contributed by atoms with Crippen LogP contribution in [0, 0.1) is 0 Å². The standard InChI is InChI=1S/C20H18N2O4S/c1-2-25-19(24)12-9-14-7-10-15(11-8-14)21-18(23)13-27-20-22-16-5-3-4-6-17(16)26-20/h3-12H,2,13H2,1H3,(H,21,23)/b12-9+. The van der Waals surface area contributed by atoms with Crippen LogP contribution in [0.25, 0.3) is 17.2 Å². The monoisotopic (exact) mass is 382 g/mol. The van der Waals surface area contributed by atoms with Crippen molar-refractivity contribution in [1.82, 2.24) is 4.98 Å². The van der Waals surface area contributed by atoms with Crippen LogP contribution in [0.4, 0.5) is 5.69 Å². The zero-order chi connectivity index (χ0) is 19.1. The van der Waals surface area contributed by atoms with Crippen molar-refractivity contribution in [3.05, 3.63) is 60.2 Å². The highest BCUT2D eigenvalue weighted by Crippen LogP contribution is 2.23. The molecule has 0 unspecified atom stereocenters. The number of hydrogen-bond acceptors (Lipinski definition) is 6. The molecule has 138 valence electrons. The molecule has 0 saturated heterocycles. The van der Waals surface area contributed by atoms with E-state index in [-0.39, 0.29) is 17.6 Å². The molecule has 0 atom stereocenters. The predicted molar refractivity (Wildman–Crippen MR) is 105 cm³/mol. The van der Waals surface area contributed by atoms with Gasteiger partial charge in [-0.25, -0.2) is 9.78 Å². The minimum absolute atomic E-state index is 0.155. The molecule has 1 amide bonds. The van der Waals surface area contributed by atoms with E-state index < -0.39 is 0 Å². The van der Waals surface area contributed by atoms with Gasteiger partial charge in [-0.2, -0.15) is 0 Å². The predicted octanol–water partition coefficient (Wildman–Crippen LogP) is 4.13. The van der Waals surface area contributed by atoms with Gasteiger partial charge in [0.15, 0.2) is 5.58 Å². The largest absolute Gasteiger partial charge is 0.463 e. The van der Waals surface area contributed by atoms with E-state index in [0.29, 0.717) is 23.1 Å². The Bertz CT molecular complexity index is 931. The maximum absolute atomic E-state index is 12.1. The van der Waals surface area contributed by atoms with Crippen molar-refractivity contribution in [3.63, 3.8) is 0 Å². The van der Waals surface area contributed by atoms with Crippen molar-refractivity contribution in [3.8, 4) is 0 Å². The Balaban J connectivity index is 1.50. The first-order valence-corrected chi connectivity index (χ1v) is 9.35. The number of hydrogen-bond donors (Lipinski definition) is 1. The molecule has 1 heterocycles. The van der Waals surface area contributed by atoms with Gasteiger partial charge in [0.25, 0.3) is 5.22 Å². The number of anilines is 1. The highest BCUT2D eigenvalue weighted by Gasteiger charge is 2.09. The maximum atomic E-state index is 12.1. The van der Waals surface area contributed by atoms with E-state index in [1.807, 2.05) is 24.3 Å². The third kappa shape index (κ3) is 5.46. The van der Waals surface area contributed by atoms with Crippen LogP contribution in [0.5, 0.6) is 0 Å².